The van der Waals surface area contributed by atoms with Crippen LogP contribution in [0.15, 0.2) is 18.2 Å². The minimum absolute atomic E-state index is 0.0153. The summed E-state index contributed by atoms with van der Waals surface area (Å²) in [6.45, 7) is 1.46. The summed E-state index contributed by atoms with van der Waals surface area (Å²) < 4.78 is 26.6. The fraction of sp³-hybridized carbons (Fsp3) is 0.588. The molecule has 1 aliphatic heterocycles. The third kappa shape index (κ3) is 5.46. The molecule has 128 valence electrons. The summed E-state index contributed by atoms with van der Waals surface area (Å²) in [6, 6.07) is 3.95. The van der Waals surface area contributed by atoms with Gasteiger partial charge < -0.3 is 10.6 Å². The Kier molecular flexibility index (Phi) is 7.30. The first-order chi connectivity index (χ1) is 11.1. The van der Waals surface area contributed by atoms with Gasteiger partial charge in [0.2, 0.25) is 5.91 Å². The van der Waals surface area contributed by atoms with E-state index in [1.807, 2.05) is 0 Å². The van der Waals surface area contributed by atoms with E-state index < -0.39 is 11.6 Å². The Balaban J connectivity index is 1.95. The Morgan fingerprint density at radius 2 is 2.17 bits per heavy atom. The maximum Gasteiger partial charge on any atom is 0.220 e. The molecule has 0 radical (unpaired) electrons. The number of carbonyl (C=O) groups is 1. The Bertz CT molecular complexity index is 527. The first kappa shape index (κ1) is 18.2. The summed E-state index contributed by atoms with van der Waals surface area (Å²) in [5, 5.41) is 6.31. The van der Waals surface area contributed by atoms with E-state index in [0.29, 0.717) is 13.0 Å². The lowest BCUT2D eigenvalue weighted by Gasteiger charge is -2.33. The van der Waals surface area contributed by atoms with E-state index in [1.54, 1.807) is 17.8 Å². The van der Waals surface area contributed by atoms with E-state index in [-0.39, 0.29) is 17.9 Å². The third-order valence-corrected chi connectivity index (χ3v) is 4.90. The van der Waals surface area contributed by atoms with Crippen LogP contribution in [-0.4, -0.2) is 37.0 Å². The van der Waals surface area contributed by atoms with Crippen molar-refractivity contribution in [1.82, 2.24) is 10.6 Å². The van der Waals surface area contributed by atoms with E-state index in [0.717, 1.165) is 43.2 Å². The molecule has 2 N–H and O–H groups in total. The van der Waals surface area contributed by atoms with Gasteiger partial charge in [0.1, 0.15) is 0 Å². The zero-order chi connectivity index (χ0) is 16.7. The molecule has 1 aliphatic rings. The van der Waals surface area contributed by atoms with Crippen LogP contribution in [0.4, 0.5) is 8.78 Å². The Morgan fingerprint density at radius 3 is 2.91 bits per heavy atom. The van der Waals surface area contributed by atoms with Crippen molar-refractivity contribution in [3.63, 3.8) is 0 Å². The molecule has 1 fully saturated rings. The highest BCUT2D eigenvalue weighted by Crippen LogP contribution is 2.27. The number of rotatable bonds is 7. The molecule has 0 bridgehead atoms. The minimum atomic E-state index is -0.836. The van der Waals surface area contributed by atoms with Gasteiger partial charge in [0.05, 0.1) is 0 Å². The minimum Gasteiger partial charge on any atom is -0.351 e. The Hall–Kier alpha value is -1.14. The largest absolute Gasteiger partial charge is 0.351 e. The van der Waals surface area contributed by atoms with Crippen molar-refractivity contribution in [2.45, 2.75) is 37.6 Å². The van der Waals surface area contributed by atoms with E-state index in [9.17, 15) is 13.6 Å². The lowest BCUT2D eigenvalue weighted by Crippen LogP contribution is -2.50. The molecular formula is C17H24F2N2OS. The van der Waals surface area contributed by atoms with E-state index in [1.165, 1.54) is 6.07 Å². The maximum absolute atomic E-state index is 13.5. The average Bonchev–Trinajstić information content (AvgIpc) is 2.55. The van der Waals surface area contributed by atoms with Gasteiger partial charge in [0, 0.05) is 24.9 Å². The van der Waals surface area contributed by atoms with Crippen LogP contribution in [0.2, 0.25) is 0 Å². The first-order valence-electron chi connectivity index (χ1n) is 8.05. The lowest BCUT2D eigenvalue weighted by atomic mass is 9.86. The standard InChI is InChI=1S/C17H24F2N2OS/c1-23-9-3-2-4-17(22)21-16-11-20-8-7-13(16)12-5-6-14(18)15(19)10-12/h5-6,10,13,16,20H,2-4,7-9,11H2,1H3,(H,21,22). The molecule has 6 heteroatoms. The molecule has 2 unspecified atom stereocenters. The third-order valence-electron chi connectivity index (χ3n) is 4.20. The number of hydrogen-bond acceptors (Lipinski definition) is 3. The topological polar surface area (TPSA) is 41.1 Å². The van der Waals surface area contributed by atoms with Crippen molar-refractivity contribution in [3.05, 3.63) is 35.4 Å². The molecule has 3 nitrogen and oxygen atoms in total. The number of amides is 1. The lowest BCUT2D eigenvalue weighted by molar-refractivity contribution is -0.122. The molecular weight excluding hydrogens is 318 g/mol. The van der Waals surface area contributed by atoms with Crippen LogP contribution >= 0.6 is 11.8 Å². The normalized spacial score (nSPS) is 21.2. The summed E-state index contributed by atoms with van der Waals surface area (Å²) in [5.74, 6) is -0.551. The number of thioether (sulfide) groups is 1. The molecule has 1 aromatic carbocycles. The van der Waals surface area contributed by atoms with Crippen molar-refractivity contribution < 1.29 is 13.6 Å². The van der Waals surface area contributed by atoms with Gasteiger partial charge in [-0.15, -0.1) is 0 Å². The van der Waals surface area contributed by atoms with Crippen LogP contribution in [0.3, 0.4) is 0 Å². The Morgan fingerprint density at radius 1 is 1.35 bits per heavy atom. The van der Waals surface area contributed by atoms with Crippen LogP contribution in [0, 0.1) is 11.6 Å². The number of carbonyl (C=O) groups excluding carboxylic acids is 1. The van der Waals surface area contributed by atoms with Gasteiger partial charge >= 0.3 is 0 Å². The van der Waals surface area contributed by atoms with Gasteiger partial charge in [-0.1, -0.05) is 6.07 Å². The van der Waals surface area contributed by atoms with E-state index >= 15 is 0 Å². The fourth-order valence-corrected chi connectivity index (χ4v) is 3.46. The number of hydrogen-bond donors (Lipinski definition) is 2. The van der Waals surface area contributed by atoms with Gasteiger partial charge in [-0.3, -0.25) is 4.79 Å². The molecule has 1 saturated heterocycles. The maximum atomic E-state index is 13.5. The molecule has 1 heterocycles. The molecule has 23 heavy (non-hydrogen) atoms. The monoisotopic (exact) mass is 342 g/mol. The highest BCUT2D eigenvalue weighted by molar-refractivity contribution is 7.98. The number of unbranched alkanes of at least 4 members (excludes halogenated alkanes) is 1. The zero-order valence-corrected chi connectivity index (χ0v) is 14.2. The number of benzene rings is 1. The molecule has 1 aromatic rings. The smallest absolute Gasteiger partial charge is 0.220 e. The summed E-state index contributed by atoms with van der Waals surface area (Å²) in [4.78, 5) is 12.1. The highest BCUT2D eigenvalue weighted by atomic mass is 32.2. The van der Waals surface area contributed by atoms with Gasteiger partial charge in [0.15, 0.2) is 11.6 Å². The predicted molar refractivity (Wildman–Crippen MR) is 90.7 cm³/mol. The molecule has 1 amide bonds. The van der Waals surface area contributed by atoms with Crippen molar-refractivity contribution in [2.24, 2.45) is 0 Å². The van der Waals surface area contributed by atoms with Gasteiger partial charge in [-0.25, -0.2) is 8.78 Å². The molecule has 2 rings (SSSR count). The zero-order valence-electron chi connectivity index (χ0n) is 13.4. The van der Waals surface area contributed by atoms with Gasteiger partial charge in [0.25, 0.3) is 0 Å². The first-order valence-corrected chi connectivity index (χ1v) is 9.45. The highest BCUT2D eigenvalue weighted by Gasteiger charge is 2.28. The molecule has 0 aromatic heterocycles. The van der Waals surface area contributed by atoms with Gasteiger partial charge in [-0.2, -0.15) is 11.8 Å². The van der Waals surface area contributed by atoms with Crippen LogP contribution in [0.5, 0.6) is 0 Å². The van der Waals surface area contributed by atoms with Crippen LogP contribution in [-0.2, 0) is 4.79 Å². The number of halogens is 2. The molecule has 2 atom stereocenters. The molecule has 0 saturated carbocycles. The summed E-state index contributed by atoms with van der Waals surface area (Å²) in [6.07, 6.45) is 5.27. The van der Waals surface area contributed by atoms with Crippen molar-refractivity contribution in [1.29, 1.82) is 0 Å². The van der Waals surface area contributed by atoms with E-state index in [4.69, 9.17) is 0 Å². The summed E-state index contributed by atoms with van der Waals surface area (Å²) in [7, 11) is 0. The fourth-order valence-electron chi connectivity index (χ4n) is 2.96. The predicted octanol–water partition coefficient (Wildman–Crippen LogP) is 3.06. The average molecular weight is 342 g/mol. The van der Waals surface area contributed by atoms with Crippen molar-refractivity contribution >= 4 is 17.7 Å². The summed E-state index contributed by atoms with van der Waals surface area (Å²) >= 11 is 1.78. The second-order valence-corrected chi connectivity index (χ2v) is 6.88. The number of nitrogens with one attached hydrogen (secondary N) is 2. The van der Waals surface area contributed by atoms with Gasteiger partial charge in [-0.05, 0) is 55.5 Å². The Labute approximate surface area is 140 Å². The van der Waals surface area contributed by atoms with Crippen molar-refractivity contribution in [3.8, 4) is 0 Å². The van der Waals surface area contributed by atoms with E-state index in [2.05, 4.69) is 16.9 Å². The molecule has 0 aliphatic carbocycles. The summed E-state index contributed by atoms with van der Waals surface area (Å²) in [5.41, 5.74) is 0.748. The van der Waals surface area contributed by atoms with Crippen LogP contribution < -0.4 is 10.6 Å². The van der Waals surface area contributed by atoms with Crippen LogP contribution in [0.25, 0.3) is 0 Å². The second kappa shape index (κ2) is 9.23. The quantitative estimate of drug-likeness (QED) is 0.748. The SMILES string of the molecule is CSCCCCC(=O)NC1CNCCC1c1ccc(F)c(F)c1. The number of piperidine rings is 1. The second-order valence-electron chi connectivity index (χ2n) is 5.90. The van der Waals surface area contributed by atoms with Crippen LogP contribution in [0.1, 0.15) is 37.2 Å². The van der Waals surface area contributed by atoms with Crippen molar-refractivity contribution in [2.75, 3.05) is 25.1 Å². The molecule has 0 spiro atoms.